The lowest BCUT2D eigenvalue weighted by Gasteiger charge is -2.05. The van der Waals surface area contributed by atoms with Gasteiger partial charge in [-0.1, -0.05) is 17.7 Å². The Morgan fingerprint density at radius 2 is 1.92 bits per heavy atom. The van der Waals surface area contributed by atoms with Crippen molar-refractivity contribution in [3.63, 3.8) is 0 Å². The molecule has 2 N–H and O–H groups in total. The first-order valence-electron chi connectivity index (χ1n) is 7.15. The van der Waals surface area contributed by atoms with E-state index in [4.69, 9.17) is 0 Å². The second-order valence-corrected chi connectivity index (χ2v) is 8.56. The van der Waals surface area contributed by atoms with Gasteiger partial charge in [-0.25, -0.2) is 18.4 Å². The third-order valence-corrected chi connectivity index (χ3v) is 6.10. The van der Waals surface area contributed by atoms with E-state index in [1.165, 1.54) is 23.5 Å². The summed E-state index contributed by atoms with van der Waals surface area (Å²) in [6.07, 6.45) is 1.64. The highest BCUT2D eigenvalue weighted by atomic mass is 32.2. The molecule has 0 fully saturated rings. The predicted octanol–water partition coefficient (Wildman–Crippen LogP) is 2.89. The molecule has 10 heteroatoms. The van der Waals surface area contributed by atoms with Crippen LogP contribution in [0.4, 0.5) is 10.3 Å². The molecule has 130 valence electrons. The van der Waals surface area contributed by atoms with Crippen LogP contribution in [0.2, 0.25) is 0 Å². The normalized spacial score (nSPS) is 11.2. The Balaban J connectivity index is 1.65. The van der Waals surface area contributed by atoms with Gasteiger partial charge in [-0.15, -0.1) is 22.7 Å². The molecule has 1 aromatic carbocycles. The second kappa shape index (κ2) is 7.30. The summed E-state index contributed by atoms with van der Waals surface area (Å²) in [5.74, 6) is -0.256. The van der Waals surface area contributed by atoms with Crippen molar-refractivity contribution < 1.29 is 13.2 Å². The molecule has 0 saturated carbocycles. The van der Waals surface area contributed by atoms with Gasteiger partial charge in [0.25, 0.3) is 10.0 Å². The summed E-state index contributed by atoms with van der Waals surface area (Å²) >= 11 is 2.45. The number of carbonyl (C=O) groups excluding carboxylic acids is 1. The van der Waals surface area contributed by atoms with Crippen molar-refractivity contribution in [3.05, 3.63) is 52.5 Å². The van der Waals surface area contributed by atoms with Crippen molar-refractivity contribution in [3.8, 4) is 0 Å². The van der Waals surface area contributed by atoms with Gasteiger partial charge in [0, 0.05) is 17.0 Å². The van der Waals surface area contributed by atoms with Gasteiger partial charge in [0.2, 0.25) is 5.91 Å². The standard InChI is InChI=1S/C15H14N4O3S3/c1-10-2-4-12(5-3-10)25(21,22)19-15-17-11(9-24-15)8-13(20)18-14-16-6-7-23-14/h2-7,9H,8H2,1H3,(H,17,19)(H,16,18,20). The van der Waals surface area contributed by atoms with Crippen molar-refractivity contribution >= 4 is 48.9 Å². The molecule has 0 spiro atoms. The zero-order valence-electron chi connectivity index (χ0n) is 13.1. The number of anilines is 2. The number of amides is 1. The van der Waals surface area contributed by atoms with Crippen LogP contribution in [0.5, 0.6) is 0 Å². The molecule has 25 heavy (non-hydrogen) atoms. The average molecular weight is 395 g/mol. The highest BCUT2D eigenvalue weighted by Crippen LogP contribution is 2.21. The molecule has 2 aromatic heterocycles. The summed E-state index contributed by atoms with van der Waals surface area (Å²) in [4.78, 5) is 20.2. The Morgan fingerprint density at radius 1 is 1.16 bits per heavy atom. The highest BCUT2D eigenvalue weighted by molar-refractivity contribution is 7.93. The maximum atomic E-state index is 12.3. The van der Waals surface area contributed by atoms with Crippen LogP contribution in [0.1, 0.15) is 11.3 Å². The third-order valence-electron chi connectivity index (χ3n) is 3.13. The first kappa shape index (κ1) is 17.5. The SMILES string of the molecule is Cc1ccc(S(=O)(=O)Nc2nc(CC(=O)Nc3nccs3)cs2)cc1. The third kappa shape index (κ3) is 4.62. The van der Waals surface area contributed by atoms with Crippen LogP contribution < -0.4 is 10.0 Å². The van der Waals surface area contributed by atoms with Gasteiger partial charge in [-0.3, -0.25) is 9.52 Å². The van der Waals surface area contributed by atoms with Gasteiger partial charge < -0.3 is 5.32 Å². The van der Waals surface area contributed by atoms with Crippen molar-refractivity contribution in [1.29, 1.82) is 0 Å². The van der Waals surface area contributed by atoms with Crippen LogP contribution in [0, 0.1) is 6.92 Å². The number of hydrogen-bond acceptors (Lipinski definition) is 7. The smallest absolute Gasteiger partial charge is 0.263 e. The van der Waals surface area contributed by atoms with E-state index in [2.05, 4.69) is 20.0 Å². The highest BCUT2D eigenvalue weighted by Gasteiger charge is 2.16. The Bertz CT molecular complexity index is 964. The van der Waals surface area contributed by atoms with E-state index in [0.717, 1.165) is 16.9 Å². The molecule has 3 aromatic rings. The van der Waals surface area contributed by atoms with E-state index in [1.54, 1.807) is 29.1 Å². The molecule has 0 atom stereocenters. The first-order chi connectivity index (χ1) is 11.9. The van der Waals surface area contributed by atoms with E-state index < -0.39 is 10.0 Å². The molecule has 0 aliphatic rings. The quantitative estimate of drug-likeness (QED) is 0.669. The van der Waals surface area contributed by atoms with E-state index in [9.17, 15) is 13.2 Å². The van der Waals surface area contributed by atoms with Gasteiger partial charge in [0.15, 0.2) is 10.3 Å². The zero-order valence-corrected chi connectivity index (χ0v) is 15.5. The Kier molecular flexibility index (Phi) is 5.11. The molecule has 0 radical (unpaired) electrons. The summed E-state index contributed by atoms with van der Waals surface area (Å²) < 4.78 is 27.1. The number of aromatic nitrogens is 2. The summed E-state index contributed by atoms with van der Waals surface area (Å²) in [6, 6.07) is 6.52. The number of benzene rings is 1. The molecule has 0 bridgehead atoms. The Labute approximate surface area is 152 Å². The number of rotatable bonds is 6. The largest absolute Gasteiger partial charge is 0.302 e. The molecule has 0 unspecified atom stereocenters. The lowest BCUT2D eigenvalue weighted by Crippen LogP contribution is -2.15. The molecule has 0 aliphatic carbocycles. The lowest BCUT2D eigenvalue weighted by molar-refractivity contribution is -0.115. The number of nitrogens with one attached hydrogen (secondary N) is 2. The van der Waals surface area contributed by atoms with Crippen molar-refractivity contribution in [2.45, 2.75) is 18.2 Å². The van der Waals surface area contributed by atoms with Gasteiger partial charge in [0.05, 0.1) is 17.0 Å². The molecular formula is C15H14N4O3S3. The predicted molar refractivity (Wildman–Crippen MR) is 98.5 cm³/mol. The fourth-order valence-corrected chi connectivity index (χ4v) is 4.45. The summed E-state index contributed by atoms with van der Waals surface area (Å²) in [5.41, 5.74) is 1.46. The molecule has 0 aliphatic heterocycles. The lowest BCUT2D eigenvalue weighted by atomic mass is 10.2. The molecule has 0 saturated heterocycles. The molecular weight excluding hydrogens is 380 g/mol. The van der Waals surface area contributed by atoms with E-state index in [-0.39, 0.29) is 22.4 Å². The number of sulfonamides is 1. The monoisotopic (exact) mass is 394 g/mol. The van der Waals surface area contributed by atoms with Crippen LogP contribution >= 0.6 is 22.7 Å². The van der Waals surface area contributed by atoms with Gasteiger partial charge in [-0.05, 0) is 19.1 Å². The van der Waals surface area contributed by atoms with Gasteiger partial charge in [-0.2, -0.15) is 0 Å². The summed E-state index contributed by atoms with van der Waals surface area (Å²) in [7, 11) is -3.70. The fourth-order valence-electron chi connectivity index (χ4n) is 1.94. The Hall–Kier alpha value is -2.30. The van der Waals surface area contributed by atoms with Gasteiger partial charge >= 0.3 is 0 Å². The minimum atomic E-state index is -3.70. The van der Waals surface area contributed by atoms with Crippen LogP contribution in [0.25, 0.3) is 0 Å². The maximum absolute atomic E-state index is 12.3. The molecule has 7 nitrogen and oxygen atoms in total. The summed E-state index contributed by atoms with van der Waals surface area (Å²) in [6.45, 7) is 1.88. The maximum Gasteiger partial charge on any atom is 0.263 e. The molecule has 3 rings (SSSR count). The minimum Gasteiger partial charge on any atom is -0.302 e. The van der Waals surface area contributed by atoms with Crippen LogP contribution in [-0.2, 0) is 21.2 Å². The second-order valence-electron chi connectivity index (χ2n) is 5.12. The average Bonchev–Trinajstić information content (AvgIpc) is 3.19. The van der Waals surface area contributed by atoms with Crippen molar-refractivity contribution in [2.75, 3.05) is 10.0 Å². The number of nitrogens with zero attached hydrogens (tertiary/aromatic N) is 2. The summed E-state index contributed by atoms with van der Waals surface area (Å²) in [5, 5.41) is 6.80. The molecule has 2 heterocycles. The number of hydrogen-bond donors (Lipinski definition) is 2. The zero-order chi connectivity index (χ0) is 17.9. The van der Waals surface area contributed by atoms with E-state index >= 15 is 0 Å². The Morgan fingerprint density at radius 3 is 2.60 bits per heavy atom. The van der Waals surface area contributed by atoms with E-state index in [1.807, 2.05) is 6.92 Å². The van der Waals surface area contributed by atoms with Crippen LogP contribution in [0.15, 0.2) is 46.1 Å². The number of thiazole rings is 2. The van der Waals surface area contributed by atoms with Gasteiger partial charge in [0.1, 0.15) is 0 Å². The van der Waals surface area contributed by atoms with Crippen molar-refractivity contribution in [1.82, 2.24) is 9.97 Å². The van der Waals surface area contributed by atoms with Crippen molar-refractivity contribution in [2.24, 2.45) is 0 Å². The topological polar surface area (TPSA) is 101 Å². The van der Waals surface area contributed by atoms with E-state index in [0.29, 0.717) is 10.8 Å². The number of carbonyl (C=O) groups is 1. The fraction of sp³-hybridized carbons (Fsp3) is 0.133. The first-order valence-corrected chi connectivity index (χ1v) is 10.4. The van der Waals surface area contributed by atoms with Crippen LogP contribution in [0.3, 0.4) is 0 Å². The number of aryl methyl sites for hydroxylation is 1. The molecule has 1 amide bonds. The minimum absolute atomic E-state index is 0.0440. The van der Waals surface area contributed by atoms with Crippen LogP contribution in [-0.4, -0.2) is 24.3 Å².